The fourth-order valence-electron chi connectivity index (χ4n) is 2.25. The first-order valence-corrected chi connectivity index (χ1v) is 7.24. The summed E-state index contributed by atoms with van der Waals surface area (Å²) in [6.07, 6.45) is 1.92. The van der Waals surface area contributed by atoms with E-state index in [1.54, 1.807) is 4.90 Å². The minimum Gasteiger partial charge on any atom is -0.342 e. The van der Waals surface area contributed by atoms with Gasteiger partial charge in [-0.2, -0.15) is 0 Å². The lowest BCUT2D eigenvalue weighted by atomic mass is 10.3. The number of rotatable bonds is 5. The molecule has 20 heavy (non-hydrogen) atoms. The van der Waals surface area contributed by atoms with Gasteiger partial charge >= 0.3 is 0 Å². The summed E-state index contributed by atoms with van der Waals surface area (Å²) in [6, 6.07) is 8.22. The van der Waals surface area contributed by atoms with E-state index in [1.165, 1.54) is 0 Å². The Labute approximate surface area is 120 Å². The van der Waals surface area contributed by atoms with Crippen LogP contribution in [0, 0.1) is 0 Å². The molecule has 0 N–H and O–H groups in total. The van der Waals surface area contributed by atoms with Gasteiger partial charge in [-0.15, -0.1) is 0 Å². The molecule has 0 spiro atoms. The highest BCUT2D eigenvalue weighted by Crippen LogP contribution is 2.17. The van der Waals surface area contributed by atoms with Crippen LogP contribution >= 0.6 is 0 Å². The summed E-state index contributed by atoms with van der Waals surface area (Å²) in [5, 5.41) is 0. The Balaban J connectivity index is 2.36. The molecule has 1 heterocycles. The van der Waals surface area contributed by atoms with Gasteiger partial charge in [0.25, 0.3) is 0 Å². The van der Waals surface area contributed by atoms with E-state index in [2.05, 4.69) is 16.5 Å². The molecule has 0 atom stereocenters. The van der Waals surface area contributed by atoms with Gasteiger partial charge in [-0.3, -0.25) is 4.79 Å². The quantitative estimate of drug-likeness (QED) is 0.840. The van der Waals surface area contributed by atoms with Crippen LogP contribution < -0.4 is 0 Å². The van der Waals surface area contributed by atoms with Crippen molar-refractivity contribution in [2.45, 2.75) is 46.2 Å². The van der Waals surface area contributed by atoms with E-state index < -0.39 is 0 Å². The monoisotopic (exact) mass is 273 g/mol. The minimum absolute atomic E-state index is 0.125. The number of hydrogen-bond acceptors (Lipinski definition) is 2. The topological polar surface area (TPSA) is 38.1 Å². The first kappa shape index (κ1) is 14.6. The third kappa shape index (κ3) is 2.84. The second kappa shape index (κ2) is 6.07. The van der Waals surface area contributed by atoms with Gasteiger partial charge in [0.1, 0.15) is 12.4 Å². The van der Waals surface area contributed by atoms with Gasteiger partial charge in [0.15, 0.2) is 0 Å². The Bertz CT molecular complexity index is 601. The standard InChI is InChI=1S/C16H23N3O/c1-5-8-15-17-13-9-6-7-10-14(13)19(15)11-16(20)18(4)12(2)3/h6-7,9-10,12H,5,8,11H2,1-4H3. The predicted octanol–water partition coefficient (Wildman–Crippen LogP) is 2.86. The molecule has 1 aromatic carbocycles. The van der Waals surface area contributed by atoms with Crippen molar-refractivity contribution in [1.82, 2.24) is 14.5 Å². The van der Waals surface area contributed by atoms with Crippen LogP contribution in [-0.4, -0.2) is 33.4 Å². The summed E-state index contributed by atoms with van der Waals surface area (Å²) < 4.78 is 2.06. The van der Waals surface area contributed by atoms with Crippen molar-refractivity contribution < 1.29 is 4.79 Å². The molecule has 0 saturated heterocycles. The zero-order valence-electron chi connectivity index (χ0n) is 12.8. The minimum atomic E-state index is 0.125. The molecule has 4 nitrogen and oxygen atoms in total. The van der Waals surface area contributed by atoms with E-state index >= 15 is 0 Å². The van der Waals surface area contributed by atoms with Crippen molar-refractivity contribution in [2.75, 3.05) is 7.05 Å². The van der Waals surface area contributed by atoms with Gasteiger partial charge in [0.2, 0.25) is 5.91 Å². The highest BCUT2D eigenvalue weighted by Gasteiger charge is 2.16. The number of para-hydroxylation sites is 2. The number of amides is 1. The van der Waals surface area contributed by atoms with E-state index in [0.29, 0.717) is 6.54 Å². The molecule has 0 fully saturated rings. The number of carbonyl (C=O) groups excluding carboxylic acids is 1. The third-order valence-electron chi connectivity index (χ3n) is 3.67. The maximum atomic E-state index is 12.3. The molecular formula is C16H23N3O. The largest absolute Gasteiger partial charge is 0.342 e. The number of aryl methyl sites for hydroxylation is 1. The van der Waals surface area contributed by atoms with Gasteiger partial charge < -0.3 is 9.47 Å². The molecule has 1 amide bonds. The molecule has 0 unspecified atom stereocenters. The second-order valence-corrected chi connectivity index (χ2v) is 5.45. The number of nitrogens with zero attached hydrogens (tertiary/aromatic N) is 3. The Morgan fingerprint density at radius 3 is 2.70 bits per heavy atom. The summed E-state index contributed by atoms with van der Waals surface area (Å²) in [4.78, 5) is 18.8. The molecular weight excluding hydrogens is 250 g/mol. The number of fused-ring (bicyclic) bond motifs is 1. The maximum Gasteiger partial charge on any atom is 0.242 e. The smallest absolute Gasteiger partial charge is 0.242 e. The molecule has 1 aromatic heterocycles. The third-order valence-corrected chi connectivity index (χ3v) is 3.67. The molecule has 0 aliphatic rings. The Hall–Kier alpha value is -1.84. The fraction of sp³-hybridized carbons (Fsp3) is 0.500. The van der Waals surface area contributed by atoms with Crippen LogP contribution in [-0.2, 0) is 17.8 Å². The molecule has 108 valence electrons. The second-order valence-electron chi connectivity index (χ2n) is 5.45. The van der Waals surface area contributed by atoms with Gasteiger partial charge in [-0.1, -0.05) is 19.1 Å². The predicted molar refractivity (Wildman–Crippen MR) is 81.6 cm³/mol. The maximum absolute atomic E-state index is 12.3. The van der Waals surface area contributed by atoms with Crippen LogP contribution in [0.5, 0.6) is 0 Å². The highest BCUT2D eigenvalue weighted by molar-refractivity contribution is 5.81. The molecule has 4 heteroatoms. The van der Waals surface area contributed by atoms with Crippen LogP contribution in [0.1, 0.15) is 33.0 Å². The molecule has 0 radical (unpaired) electrons. The number of carbonyl (C=O) groups is 1. The van der Waals surface area contributed by atoms with Crippen LogP contribution in [0.4, 0.5) is 0 Å². The number of aromatic nitrogens is 2. The van der Waals surface area contributed by atoms with Crippen LogP contribution in [0.25, 0.3) is 11.0 Å². The lowest BCUT2D eigenvalue weighted by Crippen LogP contribution is -2.35. The summed E-state index contributed by atoms with van der Waals surface area (Å²) >= 11 is 0. The zero-order chi connectivity index (χ0) is 14.7. The first-order chi connectivity index (χ1) is 9.54. The number of benzene rings is 1. The van der Waals surface area contributed by atoms with E-state index in [1.807, 2.05) is 45.2 Å². The van der Waals surface area contributed by atoms with Crippen molar-refractivity contribution in [3.8, 4) is 0 Å². The van der Waals surface area contributed by atoms with Crippen LogP contribution in [0.2, 0.25) is 0 Å². The van der Waals surface area contributed by atoms with E-state index in [4.69, 9.17) is 0 Å². The molecule has 0 aliphatic heterocycles. The van der Waals surface area contributed by atoms with Crippen molar-refractivity contribution in [3.63, 3.8) is 0 Å². The zero-order valence-corrected chi connectivity index (χ0v) is 12.8. The fourth-order valence-corrected chi connectivity index (χ4v) is 2.25. The van der Waals surface area contributed by atoms with E-state index in [-0.39, 0.29) is 11.9 Å². The summed E-state index contributed by atoms with van der Waals surface area (Å²) in [7, 11) is 1.85. The van der Waals surface area contributed by atoms with Crippen molar-refractivity contribution in [3.05, 3.63) is 30.1 Å². The normalized spacial score (nSPS) is 11.2. The average molecular weight is 273 g/mol. The number of hydrogen-bond donors (Lipinski definition) is 0. The van der Waals surface area contributed by atoms with Gasteiger partial charge in [-0.05, 0) is 32.4 Å². The van der Waals surface area contributed by atoms with E-state index in [0.717, 1.165) is 29.7 Å². The lowest BCUT2D eigenvalue weighted by Gasteiger charge is -2.22. The molecule has 0 saturated carbocycles. The van der Waals surface area contributed by atoms with E-state index in [9.17, 15) is 4.79 Å². The summed E-state index contributed by atoms with van der Waals surface area (Å²) in [5.74, 6) is 1.12. The molecule has 0 bridgehead atoms. The SMILES string of the molecule is CCCc1nc2ccccc2n1CC(=O)N(C)C(C)C. The number of imidazole rings is 1. The van der Waals surface area contributed by atoms with Crippen molar-refractivity contribution >= 4 is 16.9 Å². The Morgan fingerprint density at radius 2 is 2.05 bits per heavy atom. The number of likely N-dealkylation sites (N-methyl/N-ethyl adjacent to an activating group) is 1. The average Bonchev–Trinajstić information content (AvgIpc) is 2.76. The Morgan fingerprint density at radius 1 is 1.35 bits per heavy atom. The van der Waals surface area contributed by atoms with Crippen molar-refractivity contribution in [2.24, 2.45) is 0 Å². The summed E-state index contributed by atoms with van der Waals surface area (Å²) in [6.45, 7) is 6.55. The van der Waals surface area contributed by atoms with Crippen LogP contribution in [0.3, 0.4) is 0 Å². The molecule has 2 rings (SSSR count). The van der Waals surface area contributed by atoms with Gasteiger partial charge in [0, 0.05) is 19.5 Å². The highest BCUT2D eigenvalue weighted by atomic mass is 16.2. The molecule has 2 aromatic rings. The summed E-state index contributed by atoms with van der Waals surface area (Å²) in [5.41, 5.74) is 2.01. The first-order valence-electron chi connectivity index (χ1n) is 7.24. The van der Waals surface area contributed by atoms with Gasteiger partial charge in [0.05, 0.1) is 11.0 Å². The van der Waals surface area contributed by atoms with Crippen molar-refractivity contribution in [1.29, 1.82) is 0 Å². The Kier molecular flexibility index (Phi) is 4.42. The van der Waals surface area contributed by atoms with Gasteiger partial charge in [-0.25, -0.2) is 4.98 Å². The lowest BCUT2D eigenvalue weighted by molar-refractivity contribution is -0.131. The molecule has 0 aliphatic carbocycles. The van der Waals surface area contributed by atoms with Crippen LogP contribution in [0.15, 0.2) is 24.3 Å².